The summed E-state index contributed by atoms with van der Waals surface area (Å²) in [4.78, 5) is 16.7. The lowest BCUT2D eigenvalue weighted by Gasteiger charge is -2.14. The Kier molecular flexibility index (Phi) is 5.28. The summed E-state index contributed by atoms with van der Waals surface area (Å²) in [6.07, 6.45) is 3.38. The van der Waals surface area contributed by atoms with Crippen molar-refractivity contribution in [2.45, 2.75) is 6.92 Å². The highest BCUT2D eigenvalue weighted by Gasteiger charge is 2.14. The zero-order chi connectivity index (χ0) is 18.5. The zero-order valence-electron chi connectivity index (χ0n) is 14.8. The van der Waals surface area contributed by atoms with Gasteiger partial charge in [-0.05, 0) is 43.3 Å². The van der Waals surface area contributed by atoms with Crippen LogP contribution in [-0.4, -0.2) is 33.8 Å². The molecule has 0 aliphatic heterocycles. The molecule has 0 saturated heterocycles. The molecule has 1 amide bonds. The normalized spacial score (nSPS) is 10.6. The molecule has 0 unspecified atom stereocenters. The molecular formula is C19H21N5O2. The van der Waals surface area contributed by atoms with Crippen molar-refractivity contribution in [3.63, 3.8) is 0 Å². The third-order valence-corrected chi connectivity index (χ3v) is 3.96. The Morgan fingerprint density at radius 1 is 1.27 bits per heavy atom. The molecule has 1 aromatic carbocycles. The predicted octanol–water partition coefficient (Wildman–Crippen LogP) is 2.38. The fourth-order valence-electron chi connectivity index (χ4n) is 2.66. The van der Waals surface area contributed by atoms with E-state index in [0.717, 1.165) is 11.3 Å². The molecule has 0 spiro atoms. The van der Waals surface area contributed by atoms with E-state index >= 15 is 0 Å². The van der Waals surface area contributed by atoms with E-state index in [0.29, 0.717) is 35.8 Å². The minimum Gasteiger partial charge on any atom is -0.492 e. The summed E-state index contributed by atoms with van der Waals surface area (Å²) in [5.41, 5.74) is 9.14. The van der Waals surface area contributed by atoms with E-state index in [2.05, 4.69) is 15.4 Å². The topological polar surface area (TPSA) is 95.1 Å². The smallest absolute Gasteiger partial charge is 0.257 e. The Morgan fingerprint density at radius 3 is 2.81 bits per heavy atom. The maximum atomic E-state index is 12.5. The van der Waals surface area contributed by atoms with Crippen LogP contribution in [0.2, 0.25) is 0 Å². The lowest BCUT2D eigenvalue weighted by molar-refractivity contribution is 0.102. The van der Waals surface area contributed by atoms with Crippen LogP contribution in [0.4, 0.5) is 5.69 Å². The second-order valence-electron chi connectivity index (χ2n) is 5.78. The number of hydrogen-bond donors (Lipinski definition) is 2. The number of carbonyl (C=O) groups excluding carboxylic acids is 1. The van der Waals surface area contributed by atoms with Crippen molar-refractivity contribution >= 4 is 11.6 Å². The Morgan fingerprint density at radius 2 is 2.12 bits per heavy atom. The number of rotatable bonds is 6. The predicted molar refractivity (Wildman–Crippen MR) is 100 cm³/mol. The van der Waals surface area contributed by atoms with E-state index in [4.69, 9.17) is 10.5 Å². The van der Waals surface area contributed by atoms with E-state index < -0.39 is 0 Å². The molecule has 3 rings (SSSR count). The van der Waals surface area contributed by atoms with Crippen molar-refractivity contribution in [2.75, 3.05) is 18.5 Å². The summed E-state index contributed by atoms with van der Waals surface area (Å²) in [6, 6.07) is 10.9. The fourth-order valence-corrected chi connectivity index (χ4v) is 2.66. The minimum atomic E-state index is -0.206. The molecule has 0 atom stereocenters. The summed E-state index contributed by atoms with van der Waals surface area (Å²) >= 11 is 0. The van der Waals surface area contributed by atoms with E-state index in [1.807, 2.05) is 25.2 Å². The van der Waals surface area contributed by atoms with E-state index in [1.54, 1.807) is 42.2 Å². The number of aryl methyl sites for hydroxylation is 2. The van der Waals surface area contributed by atoms with Gasteiger partial charge in [0.25, 0.3) is 5.91 Å². The van der Waals surface area contributed by atoms with E-state index in [1.165, 1.54) is 0 Å². The molecule has 0 bridgehead atoms. The number of aromatic nitrogens is 3. The lowest BCUT2D eigenvalue weighted by atomic mass is 10.1. The largest absolute Gasteiger partial charge is 0.492 e. The van der Waals surface area contributed by atoms with Gasteiger partial charge in [0.1, 0.15) is 12.4 Å². The highest BCUT2D eigenvalue weighted by atomic mass is 16.5. The van der Waals surface area contributed by atoms with Gasteiger partial charge in [0.15, 0.2) is 0 Å². The van der Waals surface area contributed by atoms with Crippen LogP contribution in [0.1, 0.15) is 16.1 Å². The van der Waals surface area contributed by atoms with Crippen molar-refractivity contribution < 1.29 is 9.53 Å². The van der Waals surface area contributed by atoms with Crippen LogP contribution in [0.5, 0.6) is 5.75 Å². The van der Waals surface area contributed by atoms with Crippen LogP contribution in [0.15, 0.2) is 48.8 Å². The lowest BCUT2D eigenvalue weighted by Crippen LogP contribution is -2.14. The van der Waals surface area contributed by atoms with E-state index in [9.17, 15) is 4.79 Å². The Balaban J connectivity index is 1.93. The first kappa shape index (κ1) is 17.6. The molecule has 26 heavy (non-hydrogen) atoms. The van der Waals surface area contributed by atoms with Gasteiger partial charge in [0.05, 0.1) is 11.3 Å². The first-order chi connectivity index (χ1) is 12.6. The van der Waals surface area contributed by atoms with Crippen molar-refractivity contribution in [1.29, 1.82) is 0 Å². The van der Waals surface area contributed by atoms with Crippen molar-refractivity contribution in [1.82, 2.24) is 14.8 Å². The minimum absolute atomic E-state index is 0.206. The summed E-state index contributed by atoms with van der Waals surface area (Å²) in [5, 5.41) is 7.12. The highest BCUT2D eigenvalue weighted by molar-refractivity contribution is 6.05. The molecule has 2 aromatic heterocycles. The Hall–Kier alpha value is -3.19. The number of nitrogens with one attached hydrogen (secondary N) is 1. The molecule has 3 aromatic rings. The Bertz CT molecular complexity index is 920. The maximum absolute atomic E-state index is 12.5. The molecule has 3 N–H and O–H groups in total. The van der Waals surface area contributed by atoms with Gasteiger partial charge in [0.2, 0.25) is 0 Å². The third kappa shape index (κ3) is 3.73. The average molecular weight is 351 g/mol. The first-order valence-electron chi connectivity index (χ1n) is 8.28. The molecule has 0 radical (unpaired) electrons. The number of carbonyl (C=O) groups is 1. The van der Waals surface area contributed by atoms with E-state index in [-0.39, 0.29) is 5.91 Å². The first-order valence-corrected chi connectivity index (χ1v) is 8.28. The standard InChI is InChI=1S/C19H21N5O2/c1-13-15(4-3-9-21-13)19(25)23-14-5-6-18(26-11-8-20)16(12-14)17-7-10-22-24(17)2/h3-7,9-10,12H,8,11,20H2,1-2H3,(H,23,25). The molecule has 134 valence electrons. The number of hydrogen-bond acceptors (Lipinski definition) is 5. The molecule has 0 fully saturated rings. The summed E-state index contributed by atoms with van der Waals surface area (Å²) in [7, 11) is 1.85. The number of pyridine rings is 1. The van der Waals surface area contributed by atoms with Crippen LogP contribution in [0.3, 0.4) is 0 Å². The summed E-state index contributed by atoms with van der Waals surface area (Å²) < 4.78 is 7.49. The zero-order valence-corrected chi connectivity index (χ0v) is 14.8. The van der Waals surface area contributed by atoms with Gasteiger partial charge < -0.3 is 15.8 Å². The maximum Gasteiger partial charge on any atom is 0.257 e. The molecular weight excluding hydrogens is 330 g/mol. The number of amides is 1. The average Bonchev–Trinajstić information content (AvgIpc) is 3.06. The summed E-state index contributed by atoms with van der Waals surface area (Å²) in [6.45, 7) is 2.63. The molecule has 0 saturated carbocycles. The number of anilines is 1. The fraction of sp³-hybridized carbons (Fsp3) is 0.211. The van der Waals surface area contributed by atoms with Gasteiger partial charge in [-0.25, -0.2) is 0 Å². The Labute approximate surface area is 151 Å². The summed E-state index contributed by atoms with van der Waals surface area (Å²) in [5.74, 6) is 0.483. The molecule has 7 nitrogen and oxygen atoms in total. The van der Waals surface area contributed by atoms with Gasteiger partial charge in [-0.3, -0.25) is 14.5 Å². The van der Waals surface area contributed by atoms with Crippen molar-refractivity contribution in [3.05, 3.63) is 60.0 Å². The van der Waals surface area contributed by atoms with Crippen LogP contribution < -0.4 is 15.8 Å². The number of benzene rings is 1. The van der Waals surface area contributed by atoms with Gasteiger partial charge in [0, 0.05) is 42.9 Å². The highest BCUT2D eigenvalue weighted by Crippen LogP contribution is 2.32. The molecule has 0 aliphatic carbocycles. The van der Waals surface area contributed by atoms with Crippen LogP contribution in [0.25, 0.3) is 11.3 Å². The van der Waals surface area contributed by atoms with Crippen LogP contribution in [-0.2, 0) is 7.05 Å². The SMILES string of the molecule is Cc1ncccc1C(=O)Nc1ccc(OCCN)c(-c2ccnn2C)c1. The van der Waals surface area contributed by atoms with Gasteiger partial charge >= 0.3 is 0 Å². The monoisotopic (exact) mass is 351 g/mol. The van der Waals surface area contributed by atoms with Gasteiger partial charge in [-0.15, -0.1) is 0 Å². The second kappa shape index (κ2) is 7.79. The van der Waals surface area contributed by atoms with Gasteiger partial charge in [-0.1, -0.05) is 0 Å². The van der Waals surface area contributed by atoms with Crippen LogP contribution >= 0.6 is 0 Å². The van der Waals surface area contributed by atoms with Crippen molar-refractivity contribution in [3.8, 4) is 17.0 Å². The number of nitrogens with zero attached hydrogens (tertiary/aromatic N) is 3. The van der Waals surface area contributed by atoms with Crippen LogP contribution in [0, 0.1) is 6.92 Å². The quantitative estimate of drug-likeness (QED) is 0.711. The molecule has 2 heterocycles. The van der Waals surface area contributed by atoms with Gasteiger partial charge in [-0.2, -0.15) is 5.10 Å². The van der Waals surface area contributed by atoms with Crippen molar-refractivity contribution in [2.24, 2.45) is 12.8 Å². The number of nitrogens with two attached hydrogens (primary N) is 1. The second-order valence-corrected chi connectivity index (χ2v) is 5.78. The molecule has 0 aliphatic rings. The molecule has 7 heteroatoms. The third-order valence-electron chi connectivity index (χ3n) is 3.96. The number of ether oxygens (including phenoxy) is 1.